The molecule has 4 N–H and O–H groups in total. The summed E-state index contributed by atoms with van der Waals surface area (Å²) >= 11 is 0. The van der Waals surface area contributed by atoms with Gasteiger partial charge in [-0.1, -0.05) is 42.5 Å². The third kappa shape index (κ3) is 4.72. The van der Waals surface area contributed by atoms with E-state index in [-0.39, 0.29) is 30.5 Å². The van der Waals surface area contributed by atoms with Crippen molar-refractivity contribution in [1.82, 2.24) is 15.5 Å². The van der Waals surface area contributed by atoms with Gasteiger partial charge < -0.3 is 11.1 Å². The molecular formula is C25H28N4O4. The lowest BCUT2D eigenvalue weighted by atomic mass is 9.99. The summed E-state index contributed by atoms with van der Waals surface area (Å²) in [7, 11) is 0. The van der Waals surface area contributed by atoms with Gasteiger partial charge in [-0.25, -0.2) is 0 Å². The molecule has 0 bridgehead atoms. The van der Waals surface area contributed by atoms with E-state index in [1.165, 1.54) is 5.56 Å². The van der Waals surface area contributed by atoms with Crippen LogP contribution in [0.15, 0.2) is 48.5 Å². The van der Waals surface area contributed by atoms with Crippen LogP contribution >= 0.6 is 0 Å². The van der Waals surface area contributed by atoms with Crippen molar-refractivity contribution >= 4 is 23.6 Å². The fraction of sp³-hybridized carbons (Fsp3) is 0.360. The summed E-state index contributed by atoms with van der Waals surface area (Å²) in [6.45, 7) is 2.31. The predicted molar refractivity (Wildman–Crippen MR) is 122 cm³/mol. The highest BCUT2D eigenvalue weighted by Gasteiger charge is 2.45. The summed E-state index contributed by atoms with van der Waals surface area (Å²) in [6, 6.07) is 14.2. The van der Waals surface area contributed by atoms with Gasteiger partial charge in [0.15, 0.2) is 0 Å². The Balaban J connectivity index is 1.49. The smallest absolute Gasteiger partial charge is 0.262 e. The molecule has 2 aliphatic rings. The first-order valence-corrected chi connectivity index (χ1v) is 11.2. The number of nitrogens with zero attached hydrogens (tertiary/aromatic N) is 1. The molecule has 0 aromatic heterocycles. The van der Waals surface area contributed by atoms with Crippen molar-refractivity contribution in [1.29, 1.82) is 0 Å². The second kappa shape index (κ2) is 9.64. The lowest BCUT2D eigenvalue weighted by molar-refractivity contribution is -0.136. The lowest BCUT2D eigenvalue weighted by Gasteiger charge is -2.28. The van der Waals surface area contributed by atoms with Crippen LogP contribution in [0.5, 0.6) is 0 Å². The second-order valence-electron chi connectivity index (χ2n) is 8.66. The van der Waals surface area contributed by atoms with Crippen molar-refractivity contribution in [3.63, 3.8) is 0 Å². The Labute approximate surface area is 192 Å². The first kappa shape index (κ1) is 22.8. The highest BCUT2D eigenvalue weighted by atomic mass is 16.2. The van der Waals surface area contributed by atoms with Gasteiger partial charge in [-0.2, -0.15) is 0 Å². The van der Waals surface area contributed by atoms with Crippen LogP contribution in [-0.2, 0) is 22.6 Å². The summed E-state index contributed by atoms with van der Waals surface area (Å²) in [6.07, 6.45) is 1.92. The van der Waals surface area contributed by atoms with Crippen LogP contribution in [0.3, 0.4) is 0 Å². The van der Waals surface area contributed by atoms with Crippen molar-refractivity contribution in [2.75, 3.05) is 0 Å². The molecule has 0 aliphatic carbocycles. The van der Waals surface area contributed by atoms with Gasteiger partial charge in [0, 0.05) is 25.0 Å². The van der Waals surface area contributed by atoms with E-state index in [1.807, 2.05) is 25.1 Å². The van der Waals surface area contributed by atoms with Crippen LogP contribution in [-0.4, -0.2) is 46.7 Å². The van der Waals surface area contributed by atoms with E-state index >= 15 is 0 Å². The number of nitrogens with one attached hydrogen (secondary N) is 2. The number of rotatable bonds is 8. The first-order valence-electron chi connectivity index (χ1n) is 11.2. The van der Waals surface area contributed by atoms with Crippen LogP contribution in [0.25, 0.3) is 0 Å². The Morgan fingerprint density at radius 2 is 1.82 bits per heavy atom. The molecule has 0 radical (unpaired) electrons. The number of fused-ring (bicyclic) bond motifs is 1. The molecule has 2 heterocycles. The largest absolute Gasteiger partial charge is 0.327 e. The molecule has 2 aromatic carbocycles. The fourth-order valence-electron chi connectivity index (χ4n) is 4.49. The van der Waals surface area contributed by atoms with Crippen LogP contribution in [0.1, 0.15) is 58.0 Å². The number of benzene rings is 2. The second-order valence-corrected chi connectivity index (χ2v) is 8.66. The summed E-state index contributed by atoms with van der Waals surface area (Å²) in [4.78, 5) is 51.0. The highest BCUT2D eigenvalue weighted by Crippen LogP contribution is 2.30. The topological polar surface area (TPSA) is 122 Å². The Bertz CT molecular complexity index is 1080. The number of carbonyl (C=O) groups excluding carboxylic acids is 4. The van der Waals surface area contributed by atoms with Gasteiger partial charge in [0.25, 0.3) is 11.8 Å². The standard InChI is InChI=1S/C25H28N4O4/c1-15(26)19(11-10-16-6-3-2-4-7-16)27-14-17-8-5-9-18-22(17)25(33)29(24(18)32)20-12-13-21(30)28-23(20)31/h2-9,15,19-20,27H,10-14,26H2,1H3,(H,28,30,31). The van der Waals surface area contributed by atoms with E-state index in [4.69, 9.17) is 5.73 Å². The maximum Gasteiger partial charge on any atom is 0.262 e. The van der Waals surface area contributed by atoms with Gasteiger partial charge in [0.05, 0.1) is 11.1 Å². The zero-order valence-electron chi connectivity index (χ0n) is 18.5. The van der Waals surface area contributed by atoms with Crippen molar-refractivity contribution < 1.29 is 19.2 Å². The zero-order valence-corrected chi connectivity index (χ0v) is 18.5. The molecule has 33 heavy (non-hydrogen) atoms. The van der Waals surface area contributed by atoms with Gasteiger partial charge in [-0.15, -0.1) is 0 Å². The summed E-state index contributed by atoms with van der Waals surface area (Å²) in [5.41, 5.74) is 8.72. The van der Waals surface area contributed by atoms with E-state index in [1.54, 1.807) is 18.2 Å². The molecule has 1 saturated heterocycles. The van der Waals surface area contributed by atoms with E-state index in [9.17, 15) is 19.2 Å². The van der Waals surface area contributed by atoms with Gasteiger partial charge in [-0.3, -0.25) is 29.4 Å². The van der Waals surface area contributed by atoms with Crippen LogP contribution in [0.4, 0.5) is 0 Å². The average molecular weight is 449 g/mol. The molecule has 172 valence electrons. The van der Waals surface area contributed by atoms with Gasteiger partial charge >= 0.3 is 0 Å². The van der Waals surface area contributed by atoms with Crippen LogP contribution < -0.4 is 16.4 Å². The predicted octanol–water partition coefficient (Wildman–Crippen LogP) is 1.53. The molecule has 3 unspecified atom stereocenters. The van der Waals surface area contributed by atoms with Crippen molar-refractivity contribution in [3.8, 4) is 0 Å². The molecule has 4 amide bonds. The van der Waals surface area contributed by atoms with Gasteiger partial charge in [0.2, 0.25) is 11.8 Å². The van der Waals surface area contributed by atoms with E-state index < -0.39 is 29.7 Å². The Morgan fingerprint density at radius 3 is 2.52 bits per heavy atom. The molecule has 2 aromatic rings. The minimum Gasteiger partial charge on any atom is -0.327 e. The van der Waals surface area contributed by atoms with Crippen LogP contribution in [0.2, 0.25) is 0 Å². The average Bonchev–Trinajstić information content (AvgIpc) is 3.05. The zero-order chi connectivity index (χ0) is 23.5. The minimum absolute atomic E-state index is 0.0134. The maximum absolute atomic E-state index is 13.2. The molecule has 8 nitrogen and oxygen atoms in total. The third-order valence-corrected chi connectivity index (χ3v) is 6.33. The van der Waals surface area contributed by atoms with E-state index in [2.05, 4.69) is 22.8 Å². The minimum atomic E-state index is -0.974. The maximum atomic E-state index is 13.2. The van der Waals surface area contributed by atoms with Crippen molar-refractivity contribution in [2.24, 2.45) is 5.73 Å². The quantitative estimate of drug-likeness (QED) is 0.527. The van der Waals surface area contributed by atoms with Gasteiger partial charge in [0.1, 0.15) is 6.04 Å². The number of nitrogens with two attached hydrogens (primary N) is 1. The summed E-state index contributed by atoms with van der Waals surface area (Å²) in [5.74, 6) is -2.00. The molecule has 3 atom stereocenters. The number of carbonyl (C=O) groups is 4. The number of imide groups is 2. The molecular weight excluding hydrogens is 420 g/mol. The Hall–Kier alpha value is -3.36. The Kier molecular flexibility index (Phi) is 6.67. The first-order chi connectivity index (χ1) is 15.9. The lowest BCUT2D eigenvalue weighted by Crippen LogP contribution is -2.54. The molecule has 8 heteroatoms. The third-order valence-electron chi connectivity index (χ3n) is 6.33. The normalized spacial score (nSPS) is 19.9. The number of hydrogen-bond acceptors (Lipinski definition) is 6. The van der Waals surface area contributed by atoms with E-state index in [0.717, 1.165) is 17.7 Å². The fourth-order valence-corrected chi connectivity index (χ4v) is 4.49. The number of hydrogen-bond donors (Lipinski definition) is 3. The monoisotopic (exact) mass is 448 g/mol. The molecule has 1 fully saturated rings. The van der Waals surface area contributed by atoms with Gasteiger partial charge in [-0.05, 0) is 43.4 Å². The highest BCUT2D eigenvalue weighted by molar-refractivity contribution is 6.24. The van der Waals surface area contributed by atoms with Crippen molar-refractivity contribution in [2.45, 2.75) is 57.3 Å². The molecule has 0 spiro atoms. The van der Waals surface area contributed by atoms with Crippen molar-refractivity contribution in [3.05, 3.63) is 70.8 Å². The summed E-state index contributed by atoms with van der Waals surface area (Å²) < 4.78 is 0. The number of aryl methyl sites for hydroxylation is 1. The number of amides is 4. The number of piperidine rings is 1. The van der Waals surface area contributed by atoms with E-state index in [0.29, 0.717) is 17.7 Å². The molecule has 4 rings (SSSR count). The van der Waals surface area contributed by atoms with Crippen LogP contribution in [0, 0.1) is 0 Å². The molecule has 2 aliphatic heterocycles. The SMILES string of the molecule is CC(N)C(CCc1ccccc1)NCc1cccc2c1C(=O)N(C1CCC(=O)NC1=O)C2=O. The Morgan fingerprint density at radius 1 is 1.06 bits per heavy atom. The molecule has 0 saturated carbocycles. The summed E-state index contributed by atoms with van der Waals surface area (Å²) in [5, 5.41) is 5.67.